The molecule has 0 bridgehead atoms. The van der Waals surface area contributed by atoms with Crippen LogP contribution >= 0.6 is 11.6 Å². The molecule has 0 N–H and O–H groups in total. The van der Waals surface area contributed by atoms with Crippen LogP contribution in [0.25, 0.3) is 0 Å². The lowest BCUT2D eigenvalue weighted by Crippen LogP contribution is -2.49. The molecule has 4 heteroatoms. The van der Waals surface area contributed by atoms with Gasteiger partial charge >= 0.3 is 5.97 Å². The lowest BCUT2D eigenvalue weighted by atomic mass is 9.63. The minimum Gasteiger partial charge on any atom is -0.465 e. The fourth-order valence-corrected chi connectivity index (χ4v) is 2.50. The molecule has 1 aromatic rings. The van der Waals surface area contributed by atoms with Crippen LogP contribution in [0, 0.1) is 0 Å². The molecule has 0 heterocycles. The number of ketones is 1. The molecule has 0 atom stereocenters. The van der Waals surface area contributed by atoms with Crippen molar-refractivity contribution in [3.05, 3.63) is 34.9 Å². The smallest absolute Gasteiger partial charge is 0.317 e. The molecular formula is C13H13ClO3. The molecule has 1 aromatic carbocycles. The van der Waals surface area contributed by atoms with Gasteiger partial charge in [-0.15, -0.1) is 0 Å². The Kier molecular flexibility index (Phi) is 3.20. The molecule has 0 spiro atoms. The van der Waals surface area contributed by atoms with E-state index in [2.05, 4.69) is 0 Å². The highest BCUT2D eigenvalue weighted by Gasteiger charge is 2.53. The standard InChI is InChI=1S/C13H13ClO3/c1-2-17-12(16)13(7-9(15)8-13)10-5-3-4-6-11(10)14/h3-6H,2,7-8H2,1H3. The minimum absolute atomic E-state index is 0.0676. The Morgan fingerprint density at radius 2 is 2.06 bits per heavy atom. The summed E-state index contributed by atoms with van der Waals surface area (Å²) in [6.07, 6.45) is 0.380. The summed E-state index contributed by atoms with van der Waals surface area (Å²) in [5, 5.41) is 0.507. The Bertz CT molecular complexity index is 459. The van der Waals surface area contributed by atoms with Gasteiger partial charge in [0.2, 0.25) is 0 Å². The van der Waals surface area contributed by atoms with Gasteiger partial charge in [-0.3, -0.25) is 9.59 Å². The van der Waals surface area contributed by atoms with E-state index in [9.17, 15) is 9.59 Å². The third-order valence-corrected chi connectivity index (χ3v) is 3.38. The van der Waals surface area contributed by atoms with E-state index in [-0.39, 0.29) is 24.6 Å². The summed E-state index contributed by atoms with van der Waals surface area (Å²) in [4.78, 5) is 23.3. The monoisotopic (exact) mass is 252 g/mol. The van der Waals surface area contributed by atoms with Gasteiger partial charge in [0, 0.05) is 17.9 Å². The number of hydrogen-bond donors (Lipinski definition) is 0. The van der Waals surface area contributed by atoms with E-state index in [4.69, 9.17) is 16.3 Å². The molecule has 2 rings (SSSR count). The SMILES string of the molecule is CCOC(=O)C1(c2ccccc2Cl)CC(=O)C1. The molecule has 0 unspecified atom stereocenters. The highest BCUT2D eigenvalue weighted by molar-refractivity contribution is 6.32. The molecule has 1 fully saturated rings. The van der Waals surface area contributed by atoms with E-state index < -0.39 is 5.41 Å². The first kappa shape index (κ1) is 12.1. The van der Waals surface area contributed by atoms with Crippen LogP contribution in [-0.4, -0.2) is 18.4 Å². The zero-order valence-electron chi connectivity index (χ0n) is 9.53. The van der Waals surface area contributed by atoms with Crippen molar-refractivity contribution >= 4 is 23.4 Å². The molecule has 0 aromatic heterocycles. The molecule has 90 valence electrons. The molecule has 0 aliphatic heterocycles. The summed E-state index contributed by atoms with van der Waals surface area (Å²) in [6, 6.07) is 7.11. The summed E-state index contributed by atoms with van der Waals surface area (Å²) in [5.41, 5.74) is -0.162. The highest BCUT2D eigenvalue weighted by Crippen LogP contribution is 2.45. The second-order valence-corrected chi connectivity index (χ2v) is 4.58. The van der Waals surface area contributed by atoms with Crippen molar-refractivity contribution in [2.45, 2.75) is 25.2 Å². The average Bonchev–Trinajstić information content (AvgIpc) is 2.26. The maximum Gasteiger partial charge on any atom is 0.317 e. The van der Waals surface area contributed by atoms with E-state index in [1.54, 1.807) is 25.1 Å². The van der Waals surface area contributed by atoms with E-state index in [0.29, 0.717) is 17.2 Å². The predicted molar refractivity (Wildman–Crippen MR) is 64.0 cm³/mol. The second kappa shape index (κ2) is 4.49. The highest BCUT2D eigenvalue weighted by atomic mass is 35.5. The Morgan fingerprint density at radius 3 is 2.59 bits per heavy atom. The first-order valence-corrected chi connectivity index (χ1v) is 5.92. The molecule has 1 saturated carbocycles. The number of esters is 1. The summed E-state index contributed by atoms with van der Waals surface area (Å²) in [6.45, 7) is 2.05. The Balaban J connectivity index is 2.39. The van der Waals surface area contributed by atoms with Crippen molar-refractivity contribution in [3.63, 3.8) is 0 Å². The second-order valence-electron chi connectivity index (χ2n) is 4.17. The van der Waals surface area contributed by atoms with Crippen molar-refractivity contribution in [3.8, 4) is 0 Å². The minimum atomic E-state index is -0.856. The van der Waals surface area contributed by atoms with Gasteiger partial charge in [-0.1, -0.05) is 29.8 Å². The van der Waals surface area contributed by atoms with E-state index in [0.717, 1.165) is 0 Å². The molecule has 1 aliphatic carbocycles. The van der Waals surface area contributed by atoms with E-state index >= 15 is 0 Å². The average molecular weight is 253 g/mol. The van der Waals surface area contributed by atoms with Gasteiger partial charge in [-0.05, 0) is 18.6 Å². The topological polar surface area (TPSA) is 43.4 Å². The first-order valence-electron chi connectivity index (χ1n) is 5.54. The van der Waals surface area contributed by atoms with Crippen molar-refractivity contribution in [1.29, 1.82) is 0 Å². The lowest BCUT2D eigenvalue weighted by Gasteiger charge is -2.38. The lowest BCUT2D eigenvalue weighted by molar-refractivity contribution is -0.158. The van der Waals surface area contributed by atoms with E-state index in [1.165, 1.54) is 0 Å². The Labute approximate surface area is 105 Å². The van der Waals surface area contributed by atoms with Gasteiger partial charge in [-0.25, -0.2) is 0 Å². The zero-order chi connectivity index (χ0) is 12.5. The largest absolute Gasteiger partial charge is 0.465 e. The van der Waals surface area contributed by atoms with Gasteiger partial charge < -0.3 is 4.74 Å². The molecule has 0 saturated heterocycles. The fraction of sp³-hybridized carbons (Fsp3) is 0.385. The number of carbonyl (C=O) groups is 2. The first-order chi connectivity index (χ1) is 8.10. The number of Topliss-reactive ketones (excluding diaryl/α,β-unsaturated/α-hetero) is 1. The summed E-state index contributed by atoms with van der Waals surface area (Å²) in [7, 11) is 0. The van der Waals surface area contributed by atoms with Crippen LogP contribution in [0.3, 0.4) is 0 Å². The van der Waals surface area contributed by atoms with Crippen LogP contribution in [-0.2, 0) is 19.7 Å². The van der Waals surface area contributed by atoms with Crippen LogP contribution in [0.2, 0.25) is 5.02 Å². The fourth-order valence-electron chi connectivity index (χ4n) is 2.18. The third-order valence-electron chi connectivity index (χ3n) is 3.05. The third kappa shape index (κ3) is 1.95. The van der Waals surface area contributed by atoms with Crippen LogP contribution in [0.5, 0.6) is 0 Å². The van der Waals surface area contributed by atoms with Gasteiger partial charge in [0.05, 0.1) is 6.61 Å². The summed E-state index contributed by atoms with van der Waals surface area (Å²) in [5.74, 6) is -0.286. The van der Waals surface area contributed by atoms with Crippen LogP contribution in [0.4, 0.5) is 0 Å². The van der Waals surface area contributed by atoms with Crippen LogP contribution in [0.1, 0.15) is 25.3 Å². The maximum atomic E-state index is 12.0. The molecular weight excluding hydrogens is 240 g/mol. The number of ether oxygens (including phenoxy) is 1. The van der Waals surface area contributed by atoms with Crippen molar-refractivity contribution < 1.29 is 14.3 Å². The molecule has 0 radical (unpaired) electrons. The van der Waals surface area contributed by atoms with Gasteiger partial charge in [0.25, 0.3) is 0 Å². The number of hydrogen-bond acceptors (Lipinski definition) is 3. The molecule has 3 nitrogen and oxygen atoms in total. The molecule has 1 aliphatic rings. The van der Waals surface area contributed by atoms with Gasteiger partial charge in [0.15, 0.2) is 0 Å². The summed E-state index contributed by atoms with van der Waals surface area (Å²) < 4.78 is 5.06. The number of benzene rings is 1. The van der Waals surface area contributed by atoms with Crippen molar-refractivity contribution in [2.75, 3.05) is 6.61 Å². The number of halogens is 1. The van der Waals surface area contributed by atoms with Crippen LogP contribution < -0.4 is 0 Å². The van der Waals surface area contributed by atoms with Gasteiger partial charge in [0.1, 0.15) is 11.2 Å². The van der Waals surface area contributed by atoms with Crippen molar-refractivity contribution in [2.24, 2.45) is 0 Å². The maximum absolute atomic E-state index is 12.0. The van der Waals surface area contributed by atoms with Crippen LogP contribution in [0.15, 0.2) is 24.3 Å². The Hall–Kier alpha value is -1.35. The van der Waals surface area contributed by atoms with Gasteiger partial charge in [-0.2, -0.15) is 0 Å². The van der Waals surface area contributed by atoms with Crippen molar-refractivity contribution in [1.82, 2.24) is 0 Å². The zero-order valence-corrected chi connectivity index (χ0v) is 10.3. The number of rotatable bonds is 3. The molecule has 17 heavy (non-hydrogen) atoms. The quantitative estimate of drug-likeness (QED) is 0.777. The Morgan fingerprint density at radius 1 is 1.41 bits per heavy atom. The number of carbonyl (C=O) groups excluding carboxylic acids is 2. The molecule has 0 amide bonds. The normalized spacial score (nSPS) is 17.4. The van der Waals surface area contributed by atoms with E-state index in [1.807, 2.05) is 6.07 Å². The summed E-state index contributed by atoms with van der Waals surface area (Å²) >= 11 is 6.09. The predicted octanol–water partition coefficient (Wildman–Crippen LogP) is 2.50.